The van der Waals surface area contributed by atoms with Crippen LogP contribution in [0.4, 0.5) is 0 Å². The molecular weight excluding hydrogens is 350 g/mol. The van der Waals surface area contributed by atoms with Crippen molar-refractivity contribution >= 4 is 0 Å². The van der Waals surface area contributed by atoms with Crippen molar-refractivity contribution in [3.8, 4) is 11.5 Å². The molecule has 4 nitrogen and oxygen atoms in total. The molecule has 4 rings (SSSR count). The van der Waals surface area contributed by atoms with Crippen LogP contribution in [0.5, 0.6) is 11.5 Å². The van der Waals surface area contributed by atoms with Crippen molar-refractivity contribution in [2.24, 2.45) is 0 Å². The van der Waals surface area contributed by atoms with E-state index in [1.165, 1.54) is 0 Å². The van der Waals surface area contributed by atoms with Gasteiger partial charge in [0.15, 0.2) is 11.5 Å². The minimum absolute atomic E-state index is 0.00828. The molecule has 0 saturated carbocycles. The van der Waals surface area contributed by atoms with E-state index in [1.807, 2.05) is 60.7 Å². The van der Waals surface area contributed by atoms with Gasteiger partial charge in [-0.05, 0) is 23.3 Å². The number of para-hydroxylation sites is 2. The van der Waals surface area contributed by atoms with Crippen LogP contribution in [0.2, 0.25) is 0 Å². The molecule has 144 valence electrons. The zero-order valence-corrected chi connectivity index (χ0v) is 15.8. The van der Waals surface area contributed by atoms with E-state index in [1.54, 1.807) is 0 Å². The molecule has 1 atom stereocenters. The van der Waals surface area contributed by atoms with Gasteiger partial charge in [-0.1, -0.05) is 72.8 Å². The summed E-state index contributed by atoms with van der Waals surface area (Å²) in [6, 6.07) is 28.4. The van der Waals surface area contributed by atoms with E-state index in [2.05, 4.69) is 29.6 Å². The number of nitrogens with one attached hydrogen (secondary N) is 1. The fourth-order valence-electron chi connectivity index (χ4n) is 3.32. The summed E-state index contributed by atoms with van der Waals surface area (Å²) in [5.41, 5.74) is 2.32. The average molecular weight is 375 g/mol. The third kappa shape index (κ3) is 4.71. The highest BCUT2D eigenvalue weighted by Crippen LogP contribution is 2.30. The molecular formula is C24H25NO3. The van der Waals surface area contributed by atoms with E-state index in [-0.39, 0.29) is 12.2 Å². The monoisotopic (exact) mass is 375 g/mol. The van der Waals surface area contributed by atoms with Crippen molar-refractivity contribution in [1.29, 1.82) is 0 Å². The van der Waals surface area contributed by atoms with Crippen molar-refractivity contribution in [2.75, 3.05) is 26.3 Å². The first kappa shape index (κ1) is 18.5. The molecule has 1 unspecified atom stereocenters. The van der Waals surface area contributed by atoms with Crippen molar-refractivity contribution in [3.63, 3.8) is 0 Å². The minimum atomic E-state index is -0.0645. The summed E-state index contributed by atoms with van der Waals surface area (Å²) in [6.45, 7) is 2.64. The van der Waals surface area contributed by atoms with Crippen LogP contribution in [0.1, 0.15) is 17.2 Å². The fraction of sp³-hybridized carbons (Fsp3) is 0.250. The number of ether oxygens (including phenoxy) is 3. The molecule has 0 fully saturated rings. The lowest BCUT2D eigenvalue weighted by molar-refractivity contribution is 0.0709. The predicted molar refractivity (Wildman–Crippen MR) is 110 cm³/mol. The van der Waals surface area contributed by atoms with Gasteiger partial charge in [-0.3, -0.25) is 0 Å². The first-order chi connectivity index (χ1) is 13.9. The van der Waals surface area contributed by atoms with Crippen LogP contribution in [0.25, 0.3) is 0 Å². The maximum absolute atomic E-state index is 6.23. The molecule has 28 heavy (non-hydrogen) atoms. The summed E-state index contributed by atoms with van der Waals surface area (Å²) in [5, 5.41) is 3.41. The Morgan fingerprint density at radius 1 is 0.821 bits per heavy atom. The molecule has 1 heterocycles. The van der Waals surface area contributed by atoms with Gasteiger partial charge in [0.05, 0.1) is 6.61 Å². The van der Waals surface area contributed by atoms with Gasteiger partial charge < -0.3 is 19.5 Å². The molecule has 0 spiro atoms. The average Bonchev–Trinajstić information content (AvgIpc) is 2.77. The van der Waals surface area contributed by atoms with Gasteiger partial charge in [0.25, 0.3) is 0 Å². The maximum atomic E-state index is 6.23. The second-order valence-electron chi connectivity index (χ2n) is 6.77. The molecule has 1 aliphatic heterocycles. The zero-order valence-electron chi connectivity index (χ0n) is 15.8. The van der Waals surface area contributed by atoms with Crippen molar-refractivity contribution < 1.29 is 14.2 Å². The van der Waals surface area contributed by atoms with Gasteiger partial charge in [-0.2, -0.15) is 0 Å². The van der Waals surface area contributed by atoms with Crippen LogP contribution in [-0.2, 0) is 4.74 Å². The number of rotatable bonds is 8. The highest BCUT2D eigenvalue weighted by atomic mass is 16.6. The van der Waals surface area contributed by atoms with Gasteiger partial charge in [0.2, 0.25) is 0 Å². The quantitative estimate of drug-likeness (QED) is 0.599. The Bertz CT molecular complexity index is 814. The van der Waals surface area contributed by atoms with Gasteiger partial charge in [0.1, 0.15) is 18.8 Å². The third-order valence-corrected chi connectivity index (χ3v) is 4.71. The Kier molecular flexibility index (Phi) is 6.22. The second kappa shape index (κ2) is 9.40. The normalized spacial score (nSPS) is 15.5. The first-order valence-electron chi connectivity index (χ1n) is 9.71. The predicted octanol–water partition coefficient (Wildman–Crippen LogP) is 4.22. The molecule has 3 aromatic rings. The molecule has 0 amide bonds. The maximum Gasteiger partial charge on any atom is 0.161 e. The Hall–Kier alpha value is -2.82. The third-order valence-electron chi connectivity index (χ3n) is 4.71. The molecule has 0 bridgehead atoms. The number of hydrogen-bond acceptors (Lipinski definition) is 4. The summed E-state index contributed by atoms with van der Waals surface area (Å²) >= 11 is 0. The number of benzene rings is 3. The SMILES string of the molecule is c1ccc(C(OCCNCC2COc3ccccc3O2)c2ccccc2)cc1. The van der Waals surface area contributed by atoms with Crippen molar-refractivity contribution in [3.05, 3.63) is 96.1 Å². The summed E-state index contributed by atoms with van der Waals surface area (Å²) in [4.78, 5) is 0. The van der Waals surface area contributed by atoms with Gasteiger partial charge in [-0.15, -0.1) is 0 Å². The summed E-state index contributed by atoms with van der Waals surface area (Å²) in [7, 11) is 0. The Morgan fingerprint density at radius 3 is 2.11 bits per heavy atom. The van der Waals surface area contributed by atoms with E-state index < -0.39 is 0 Å². The Labute approximate surface area is 166 Å². The zero-order chi connectivity index (χ0) is 19.0. The molecule has 0 radical (unpaired) electrons. The Morgan fingerprint density at radius 2 is 1.43 bits per heavy atom. The summed E-state index contributed by atoms with van der Waals surface area (Å²) < 4.78 is 17.9. The lowest BCUT2D eigenvalue weighted by atomic mass is 10.0. The largest absolute Gasteiger partial charge is 0.486 e. The Balaban J connectivity index is 1.26. The fourth-order valence-corrected chi connectivity index (χ4v) is 3.32. The molecule has 0 saturated heterocycles. The van der Waals surface area contributed by atoms with Crippen LogP contribution in [-0.4, -0.2) is 32.4 Å². The van der Waals surface area contributed by atoms with E-state index >= 15 is 0 Å². The van der Waals surface area contributed by atoms with Crippen LogP contribution in [0, 0.1) is 0 Å². The molecule has 0 aliphatic carbocycles. The van der Waals surface area contributed by atoms with E-state index in [0.29, 0.717) is 13.2 Å². The number of fused-ring (bicyclic) bond motifs is 1. The highest BCUT2D eigenvalue weighted by molar-refractivity contribution is 5.40. The van der Waals surface area contributed by atoms with Gasteiger partial charge in [0, 0.05) is 13.1 Å². The summed E-state index contributed by atoms with van der Waals surface area (Å²) in [6.07, 6.45) is -0.0562. The van der Waals surface area contributed by atoms with Crippen LogP contribution in [0.3, 0.4) is 0 Å². The van der Waals surface area contributed by atoms with Crippen LogP contribution >= 0.6 is 0 Å². The van der Waals surface area contributed by atoms with Crippen LogP contribution < -0.4 is 14.8 Å². The lowest BCUT2D eigenvalue weighted by Crippen LogP contribution is -2.39. The highest BCUT2D eigenvalue weighted by Gasteiger charge is 2.20. The molecule has 1 N–H and O–H groups in total. The number of hydrogen-bond donors (Lipinski definition) is 1. The molecule has 1 aliphatic rings. The van der Waals surface area contributed by atoms with Crippen molar-refractivity contribution in [1.82, 2.24) is 5.32 Å². The van der Waals surface area contributed by atoms with Crippen molar-refractivity contribution in [2.45, 2.75) is 12.2 Å². The van der Waals surface area contributed by atoms with E-state index in [4.69, 9.17) is 14.2 Å². The van der Waals surface area contributed by atoms with E-state index in [0.717, 1.165) is 35.7 Å². The lowest BCUT2D eigenvalue weighted by Gasteiger charge is -2.26. The second-order valence-corrected chi connectivity index (χ2v) is 6.77. The van der Waals surface area contributed by atoms with Gasteiger partial charge >= 0.3 is 0 Å². The van der Waals surface area contributed by atoms with E-state index in [9.17, 15) is 0 Å². The summed E-state index contributed by atoms with van der Waals surface area (Å²) in [5.74, 6) is 1.63. The van der Waals surface area contributed by atoms with Gasteiger partial charge in [-0.25, -0.2) is 0 Å². The molecule has 0 aromatic heterocycles. The molecule has 3 aromatic carbocycles. The standard InChI is InChI=1S/C24H25NO3/c1-3-9-19(10-4-1)24(20-11-5-2-6-12-20)26-16-15-25-17-21-18-27-22-13-7-8-14-23(22)28-21/h1-14,21,24-25H,15-18H2. The van der Waals surface area contributed by atoms with Crippen LogP contribution in [0.15, 0.2) is 84.9 Å². The molecule has 4 heteroatoms. The minimum Gasteiger partial charge on any atom is -0.486 e. The topological polar surface area (TPSA) is 39.7 Å². The smallest absolute Gasteiger partial charge is 0.161 e. The first-order valence-corrected chi connectivity index (χ1v) is 9.71.